The third kappa shape index (κ3) is 3.61. The third-order valence-corrected chi connectivity index (χ3v) is 6.13. The van der Waals surface area contributed by atoms with Crippen molar-refractivity contribution in [2.24, 2.45) is 17.8 Å². The molecule has 120 valence electrons. The summed E-state index contributed by atoms with van der Waals surface area (Å²) in [5.74, 6) is 2.79. The van der Waals surface area contributed by atoms with Gasteiger partial charge in [-0.15, -0.1) is 0 Å². The maximum Gasteiger partial charge on any atom is 0.223 e. The van der Waals surface area contributed by atoms with Crippen LogP contribution in [-0.4, -0.2) is 34.6 Å². The Morgan fingerprint density at radius 1 is 1.19 bits per heavy atom. The van der Waals surface area contributed by atoms with Gasteiger partial charge in [0.25, 0.3) is 0 Å². The van der Waals surface area contributed by atoms with Crippen LogP contribution in [0.4, 0.5) is 0 Å². The molecule has 3 rings (SSSR count). The molecule has 5 unspecified atom stereocenters. The smallest absolute Gasteiger partial charge is 0.223 e. The van der Waals surface area contributed by atoms with Crippen molar-refractivity contribution >= 4 is 5.91 Å². The molecule has 0 radical (unpaired) electrons. The average molecular weight is 293 g/mol. The lowest BCUT2D eigenvalue weighted by molar-refractivity contribution is -0.135. The van der Waals surface area contributed by atoms with Gasteiger partial charge in [0.05, 0.1) is 6.10 Å². The lowest BCUT2D eigenvalue weighted by atomic mass is 9.86. The first-order valence-corrected chi connectivity index (χ1v) is 9.11. The molecule has 21 heavy (non-hydrogen) atoms. The number of rotatable bonds is 4. The summed E-state index contributed by atoms with van der Waals surface area (Å²) in [6.45, 7) is 2.76. The van der Waals surface area contributed by atoms with Crippen LogP contribution in [0.5, 0.6) is 0 Å². The Morgan fingerprint density at radius 3 is 2.71 bits per heavy atom. The zero-order valence-corrected chi connectivity index (χ0v) is 13.5. The molecule has 1 aliphatic heterocycles. The number of fused-ring (bicyclic) bond motifs is 2. The minimum absolute atomic E-state index is 0.276. The summed E-state index contributed by atoms with van der Waals surface area (Å²) in [6.07, 6.45) is 11.3. The minimum atomic E-state index is -0.300. The number of aliphatic hydroxyl groups is 1. The highest BCUT2D eigenvalue weighted by atomic mass is 16.3. The van der Waals surface area contributed by atoms with E-state index in [0.29, 0.717) is 11.8 Å². The number of carbonyl (C=O) groups excluding carboxylic acids is 1. The zero-order valence-electron chi connectivity index (χ0n) is 13.5. The van der Waals surface area contributed by atoms with Gasteiger partial charge in [-0.05, 0) is 63.2 Å². The minimum Gasteiger partial charge on any atom is -0.393 e. The molecule has 3 fully saturated rings. The van der Waals surface area contributed by atoms with Crippen molar-refractivity contribution in [3.63, 3.8) is 0 Å². The van der Waals surface area contributed by atoms with E-state index in [1.165, 1.54) is 38.5 Å². The fourth-order valence-electron chi connectivity index (χ4n) is 5.11. The summed E-state index contributed by atoms with van der Waals surface area (Å²) >= 11 is 0. The topological polar surface area (TPSA) is 40.5 Å². The number of hydrogen-bond donors (Lipinski definition) is 1. The van der Waals surface area contributed by atoms with Gasteiger partial charge in [0, 0.05) is 19.0 Å². The number of nitrogens with zero attached hydrogens (tertiary/aromatic N) is 1. The van der Waals surface area contributed by atoms with Crippen molar-refractivity contribution in [1.82, 2.24) is 4.90 Å². The second-order valence-electron chi connectivity index (χ2n) is 7.81. The molecule has 2 aliphatic carbocycles. The molecule has 2 saturated carbocycles. The molecule has 1 amide bonds. The molecular formula is C18H31NO2. The number of likely N-dealkylation sites (tertiary alicyclic amines) is 1. The maximum absolute atomic E-state index is 12.8. The van der Waals surface area contributed by atoms with E-state index in [1.54, 1.807) is 0 Å². The van der Waals surface area contributed by atoms with Gasteiger partial charge < -0.3 is 10.0 Å². The molecule has 0 spiro atoms. The molecular weight excluding hydrogens is 262 g/mol. The highest BCUT2D eigenvalue weighted by Gasteiger charge is 2.41. The van der Waals surface area contributed by atoms with Crippen LogP contribution in [0.15, 0.2) is 0 Å². The Balaban J connectivity index is 1.60. The number of carbonyl (C=O) groups is 1. The molecule has 0 aromatic heterocycles. The predicted octanol–water partition coefficient (Wildman–Crippen LogP) is 3.35. The lowest BCUT2D eigenvalue weighted by Gasteiger charge is -2.33. The van der Waals surface area contributed by atoms with Gasteiger partial charge in [-0.1, -0.05) is 19.3 Å². The summed E-state index contributed by atoms with van der Waals surface area (Å²) in [4.78, 5) is 15.0. The standard InChI is InChI=1S/C18H31NO2/c1-13(20)9-17-5-3-2-4-8-19(17)18(21)12-16-11-14-6-7-15(16)10-14/h13-17,20H,2-12H2,1H3. The molecule has 0 aromatic carbocycles. The first-order chi connectivity index (χ1) is 10.1. The fraction of sp³-hybridized carbons (Fsp3) is 0.944. The molecule has 5 atom stereocenters. The molecule has 3 aliphatic rings. The van der Waals surface area contributed by atoms with E-state index in [9.17, 15) is 9.90 Å². The van der Waals surface area contributed by atoms with Crippen LogP contribution in [0, 0.1) is 17.8 Å². The quantitative estimate of drug-likeness (QED) is 0.863. The van der Waals surface area contributed by atoms with E-state index in [4.69, 9.17) is 0 Å². The van der Waals surface area contributed by atoms with Gasteiger partial charge in [0.1, 0.15) is 0 Å². The molecule has 2 bridgehead atoms. The van der Waals surface area contributed by atoms with Gasteiger partial charge in [-0.25, -0.2) is 0 Å². The summed E-state index contributed by atoms with van der Waals surface area (Å²) in [5.41, 5.74) is 0. The highest BCUT2D eigenvalue weighted by molar-refractivity contribution is 5.77. The molecule has 1 N–H and O–H groups in total. The summed E-state index contributed by atoms with van der Waals surface area (Å²) in [5, 5.41) is 9.73. The van der Waals surface area contributed by atoms with Crippen LogP contribution in [-0.2, 0) is 4.79 Å². The van der Waals surface area contributed by atoms with Crippen LogP contribution in [0.25, 0.3) is 0 Å². The van der Waals surface area contributed by atoms with Crippen molar-refractivity contribution in [2.75, 3.05) is 6.54 Å². The van der Waals surface area contributed by atoms with Gasteiger partial charge >= 0.3 is 0 Å². The largest absolute Gasteiger partial charge is 0.393 e. The Bertz CT molecular complexity index is 368. The summed E-state index contributed by atoms with van der Waals surface area (Å²) in [6, 6.07) is 0.276. The lowest BCUT2D eigenvalue weighted by Crippen LogP contribution is -2.42. The van der Waals surface area contributed by atoms with Gasteiger partial charge in [0.2, 0.25) is 5.91 Å². The Hall–Kier alpha value is -0.570. The Labute approximate surface area is 129 Å². The van der Waals surface area contributed by atoms with Crippen LogP contribution in [0.2, 0.25) is 0 Å². The SMILES string of the molecule is CC(O)CC1CCCCCN1C(=O)CC1CC2CCC1C2. The maximum atomic E-state index is 12.8. The summed E-state index contributed by atoms with van der Waals surface area (Å²) in [7, 11) is 0. The Morgan fingerprint density at radius 2 is 2.05 bits per heavy atom. The number of amides is 1. The van der Waals surface area contributed by atoms with Crippen LogP contribution >= 0.6 is 0 Å². The van der Waals surface area contributed by atoms with E-state index in [0.717, 1.165) is 44.1 Å². The van der Waals surface area contributed by atoms with Crippen molar-refractivity contribution in [3.8, 4) is 0 Å². The second-order valence-corrected chi connectivity index (χ2v) is 7.81. The van der Waals surface area contributed by atoms with Crippen LogP contribution in [0.1, 0.15) is 71.1 Å². The molecule has 1 saturated heterocycles. The van der Waals surface area contributed by atoms with Crippen molar-refractivity contribution in [1.29, 1.82) is 0 Å². The van der Waals surface area contributed by atoms with E-state index < -0.39 is 0 Å². The molecule has 3 nitrogen and oxygen atoms in total. The highest BCUT2D eigenvalue weighted by Crippen LogP contribution is 2.49. The van der Waals surface area contributed by atoms with E-state index >= 15 is 0 Å². The van der Waals surface area contributed by atoms with E-state index in [1.807, 2.05) is 6.92 Å². The fourth-order valence-corrected chi connectivity index (χ4v) is 5.11. The predicted molar refractivity (Wildman–Crippen MR) is 83.8 cm³/mol. The Kier molecular flexibility index (Phi) is 4.88. The molecule has 0 aromatic rings. The van der Waals surface area contributed by atoms with Crippen LogP contribution in [0.3, 0.4) is 0 Å². The van der Waals surface area contributed by atoms with Crippen LogP contribution < -0.4 is 0 Å². The van der Waals surface area contributed by atoms with E-state index in [-0.39, 0.29) is 12.1 Å². The van der Waals surface area contributed by atoms with Crippen molar-refractivity contribution in [3.05, 3.63) is 0 Å². The first kappa shape index (κ1) is 15.3. The third-order valence-electron chi connectivity index (χ3n) is 6.13. The monoisotopic (exact) mass is 293 g/mol. The second kappa shape index (κ2) is 6.68. The molecule has 3 heteroatoms. The number of aliphatic hydroxyl groups excluding tert-OH is 1. The zero-order chi connectivity index (χ0) is 14.8. The van der Waals surface area contributed by atoms with Crippen molar-refractivity contribution in [2.45, 2.75) is 83.3 Å². The van der Waals surface area contributed by atoms with Gasteiger partial charge in [-0.3, -0.25) is 4.79 Å². The van der Waals surface area contributed by atoms with E-state index in [2.05, 4.69) is 4.90 Å². The average Bonchev–Trinajstić information content (AvgIpc) is 2.96. The van der Waals surface area contributed by atoms with Gasteiger partial charge in [0.15, 0.2) is 0 Å². The summed E-state index contributed by atoms with van der Waals surface area (Å²) < 4.78 is 0. The number of hydrogen-bond acceptors (Lipinski definition) is 2. The molecule has 1 heterocycles. The van der Waals surface area contributed by atoms with Crippen molar-refractivity contribution < 1.29 is 9.90 Å². The van der Waals surface area contributed by atoms with Gasteiger partial charge in [-0.2, -0.15) is 0 Å². The first-order valence-electron chi connectivity index (χ1n) is 9.11. The normalized spacial score (nSPS) is 37.5.